The van der Waals surface area contributed by atoms with E-state index in [1.807, 2.05) is 0 Å². The molecular weight excluding hydrogens is 216 g/mol. The van der Waals surface area contributed by atoms with E-state index in [0.29, 0.717) is 0 Å². The summed E-state index contributed by atoms with van der Waals surface area (Å²) in [7, 11) is 0. The van der Waals surface area contributed by atoms with Gasteiger partial charge in [0.1, 0.15) is 0 Å². The van der Waals surface area contributed by atoms with Crippen molar-refractivity contribution in [2.24, 2.45) is 5.73 Å². The van der Waals surface area contributed by atoms with Gasteiger partial charge in [-0.1, -0.05) is 12.8 Å². The van der Waals surface area contributed by atoms with Crippen LogP contribution in [0.25, 0.3) is 0 Å². The summed E-state index contributed by atoms with van der Waals surface area (Å²) >= 11 is 2.18. The van der Waals surface area contributed by atoms with Crippen molar-refractivity contribution < 1.29 is 0 Å². The van der Waals surface area contributed by atoms with Crippen LogP contribution in [0.15, 0.2) is 0 Å². The average molecular weight is 244 g/mol. The molecule has 0 aromatic heterocycles. The number of rotatable bonds is 10. The Balaban J connectivity index is 1.71. The Morgan fingerprint density at radius 1 is 1.06 bits per heavy atom. The molecule has 0 amide bonds. The molecule has 1 rings (SSSR count). The largest absolute Gasteiger partial charge is 0.330 e. The molecule has 2 nitrogen and oxygen atoms in total. The molecule has 1 heterocycles. The molecule has 0 aliphatic carbocycles. The first-order chi connectivity index (χ1) is 7.93. The van der Waals surface area contributed by atoms with E-state index in [0.717, 1.165) is 11.8 Å². The van der Waals surface area contributed by atoms with Gasteiger partial charge in [-0.15, -0.1) is 0 Å². The van der Waals surface area contributed by atoms with Crippen LogP contribution in [-0.4, -0.2) is 30.6 Å². The van der Waals surface area contributed by atoms with Crippen LogP contribution >= 0.6 is 11.8 Å². The third kappa shape index (κ3) is 7.53. The fourth-order valence-electron chi connectivity index (χ4n) is 2.20. The maximum atomic E-state index is 5.45. The summed E-state index contributed by atoms with van der Waals surface area (Å²) in [6.45, 7) is 3.27. The lowest BCUT2D eigenvalue weighted by molar-refractivity contribution is 0.563. The second-order valence-electron chi connectivity index (χ2n) is 4.73. The van der Waals surface area contributed by atoms with Gasteiger partial charge in [0.25, 0.3) is 0 Å². The van der Waals surface area contributed by atoms with Gasteiger partial charge in [0.15, 0.2) is 0 Å². The summed E-state index contributed by atoms with van der Waals surface area (Å²) in [6.07, 6.45) is 10.8. The Morgan fingerprint density at radius 2 is 1.88 bits per heavy atom. The lowest BCUT2D eigenvalue weighted by Gasteiger charge is -2.08. The minimum atomic E-state index is 0.854. The van der Waals surface area contributed by atoms with Crippen LogP contribution in [0.4, 0.5) is 0 Å². The topological polar surface area (TPSA) is 38.0 Å². The lowest BCUT2D eigenvalue weighted by Crippen LogP contribution is -2.17. The van der Waals surface area contributed by atoms with Crippen LogP contribution < -0.4 is 11.1 Å². The summed E-state index contributed by atoms with van der Waals surface area (Å²) in [4.78, 5) is 0. The molecule has 16 heavy (non-hydrogen) atoms. The highest BCUT2D eigenvalue weighted by atomic mass is 32.2. The molecule has 0 aromatic rings. The second kappa shape index (κ2) is 10.4. The van der Waals surface area contributed by atoms with E-state index in [-0.39, 0.29) is 0 Å². The molecule has 0 aromatic carbocycles. The summed E-state index contributed by atoms with van der Waals surface area (Å²) in [5.41, 5.74) is 5.45. The molecule has 3 N–H and O–H groups in total. The molecule has 1 unspecified atom stereocenters. The number of hydrogen-bond acceptors (Lipinski definition) is 3. The Kier molecular flexibility index (Phi) is 9.34. The molecule has 1 aliphatic heterocycles. The average Bonchev–Trinajstić information content (AvgIpc) is 2.80. The van der Waals surface area contributed by atoms with Crippen molar-refractivity contribution in [1.29, 1.82) is 0 Å². The van der Waals surface area contributed by atoms with Crippen molar-refractivity contribution >= 4 is 11.8 Å². The van der Waals surface area contributed by atoms with Crippen molar-refractivity contribution in [3.05, 3.63) is 0 Å². The van der Waals surface area contributed by atoms with Crippen molar-refractivity contribution in [1.82, 2.24) is 5.32 Å². The maximum absolute atomic E-state index is 5.45. The van der Waals surface area contributed by atoms with Gasteiger partial charge in [-0.2, -0.15) is 11.8 Å². The van der Waals surface area contributed by atoms with Crippen LogP contribution in [0.3, 0.4) is 0 Å². The third-order valence-electron chi connectivity index (χ3n) is 3.21. The van der Waals surface area contributed by atoms with E-state index >= 15 is 0 Å². The maximum Gasteiger partial charge on any atom is 0.00478 e. The molecule has 1 fully saturated rings. The second-order valence-corrected chi connectivity index (χ2v) is 6.14. The molecule has 1 atom stereocenters. The summed E-state index contributed by atoms with van der Waals surface area (Å²) in [5.74, 6) is 1.40. The summed E-state index contributed by atoms with van der Waals surface area (Å²) in [5, 5.41) is 4.52. The van der Waals surface area contributed by atoms with Gasteiger partial charge < -0.3 is 11.1 Å². The van der Waals surface area contributed by atoms with Crippen molar-refractivity contribution in [2.45, 2.75) is 56.6 Å². The third-order valence-corrected chi connectivity index (χ3v) is 4.68. The minimum Gasteiger partial charge on any atom is -0.330 e. The quantitative estimate of drug-likeness (QED) is 0.580. The number of hydrogen-bond donors (Lipinski definition) is 2. The first-order valence-electron chi connectivity index (χ1n) is 6.96. The molecule has 0 saturated carbocycles. The fraction of sp³-hybridized carbons (Fsp3) is 1.00. The van der Waals surface area contributed by atoms with Crippen molar-refractivity contribution in [3.8, 4) is 0 Å². The molecule has 0 radical (unpaired) electrons. The van der Waals surface area contributed by atoms with Crippen molar-refractivity contribution in [3.63, 3.8) is 0 Å². The van der Waals surface area contributed by atoms with Gasteiger partial charge in [-0.3, -0.25) is 0 Å². The zero-order valence-electron chi connectivity index (χ0n) is 10.5. The predicted molar refractivity (Wildman–Crippen MR) is 75.1 cm³/mol. The summed E-state index contributed by atoms with van der Waals surface area (Å²) < 4.78 is 0. The van der Waals surface area contributed by atoms with Crippen LogP contribution in [-0.2, 0) is 0 Å². The highest BCUT2D eigenvalue weighted by Gasteiger charge is 2.14. The normalized spacial score (nSPS) is 20.4. The van der Waals surface area contributed by atoms with E-state index in [1.54, 1.807) is 0 Å². The Hall–Kier alpha value is 0.270. The van der Waals surface area contributed by atoms with Gasteiger partial charge >= 0.3 is 0 Å². The van der Waals surface area contributed by atoms with Gasteiger partial charge in [0.05, 0.1) is 0 Å². The van der Waals surface area contributed by atoms with Gasteiger partial charge in [-0.05, 0) is 63.9 Å². The SMILES string of the molecule is NCCCCCCNCCCC1CCCS1. The zero-order valence-corrected chi connectivity index (χ0v) is 11.4. The van der Waals surface area contributed by atoms with Crippen LogP contribution in [0, 0.1) is 0 Å². The van der Waals surface area contributed by atoms with Crippen LogP contribution in [0.2, 0.25) is 0 Å². The van der Waals surface area contributed by atoms with Gasteiger partial charge in [0.2, 0.25) is 0 Å². The predicted octanol–water partition coefficient (Wildman–Crippen LogP) is 2.77. The van der Waals surface area contributed by atoms with E-state index < -0.39 is 0 Å². The van der Waals surface area contributed by atoms with E-state index in [4.69, 9.17) is 5.73 Å². The van der Waals surface area contributed by atoms with E-state index in [9.17, 15) is 0 Å². The van der Waals surface area contributed by atoms with Gasteiger partial charge in [-0.25, -0.2) is 0 Å². The Morgan fingerprint density at radius 3 is 2.62 bits per heavy atom. The molecule has 3 heteroatoms. The fourth-order valence-corrected chi connectivity index (χ4v) is 3.53. The monoisotopic (exact) mass is 244 g/mol. The lowest BCUT2D eigenvalue weighted by atomic mass is 10.1. The Bertz CT molecular complexity index is 147. The minimum absolute atomic E-state index is 0.854. The first-order valence-corrected chi connectivity index (χ1v) is 8.00. The Labute approximate surface area is 105 Å². The highest BCUT2D eigenvalue weighted by Crippen LogP contribution is 2.29. The van der Waals surface area contributed by atoms with Crippen LogP contribution in [0.1, 0.15) is 51.4 Å². The first kappa shape index (κ1) is 14.3. The number of nitrogens with one attached hydrogen (secondary N) is 1. The van der Waals surface area contributed by atoms with Crippen molar-refractivity contribution in [2.75, 3.05) is 25.4 Å². The van der Waals surface area contributed by atoms with E-state index in [1.165, 1.54) is 70.2 Å². The summed E-state index contributed by atoms with van der Waals surface area (Å²) in [6, 6.07) is 0. The standard InChI is InChI=1S/C13H28N2S/c14-9-3-1-2-4-10-15-11-5-7-13-8-6-12-16-13/h13,15H,1-12,14H2. The number of unbranched alkanes of at least 4 members (excludes halogenated alkanes) is 3. The number of thioether (sulfide) groups is 1. The number of nitrogens with two attached hydrogens (primary N) is 1. The van der Waals surface area contributed by atoms with Crippen LogP contribution in [0.5, 0.6) is 0 Å². The molecule has 96 valence electrons. The molecule has 1 saturated heterocycles. The highest BCUT2D eigenvalue weighted by molar-refractivity contribution is 8.00. The van der Waals surface area contributed by atoms with E-state index in [2.05, 4.69) is 17.1 Å². The molecule has 0 spiro atoms. The molecular formula is C13H28N2S. The van der Waals surface area contributed by atoms with Gasteiger partial charge in [0, 0.05) is 5.25 Å². The smallest absolute Gasteiger partial charge is 0.00478 e. The zero-order chi connectivity index (χ0) is 11.5. The molecule has 0 bridgehead atoms. The molecule has 1 aliphatic rings.